The second-order valence-electron chi connectivity index (χ2n) is 3.82. The lowest BCUT2D eigenvalue weighted by atomic mass is 10.2. The molecule has 1 aromatic heterocycles. The third-order valence-corrected chi connectivity index (χ3v) is 2.97. The molecule has 0 saturated carbocycles. The van der Waals surface area contributed by atoms with E-state index in [-0.39, 0.29) is 6.17 Å². The Morgan fingerprint density at radius 1 is 1.43 bits per heavy atom. The maximum Gasteiger partial charge on any atom is 0.124 e. The molecular formula is C11H12N2O. The molecule has 1 aliphatic heterocycles. The number of phenols is 1. The fraction of sp³-hybridized carbons (Fsp3) is 0.273. The first-order chi connectivity index (χ1) is 6.77. The monoisotopic (exact) mass is 188 g/mol. The van der Waals surface area contributed by atoms with Crippen molar-refractivity contribution in [2.45, 2.75) is 19.0 Å². The van der Waals surface area contributed by atoms with E-state index in [1.807, 2.05) is 18.2 Å². The van der Waals surface area contributed by atoms with Crippen molar-refractivity contribution in [2.24, 2.45) is 5.73 Å². The van der Waals surface area contributed by atoms with Crippen molar-refractivity contribution >= 4 is 10.9 Å². The molecule has 3 nitrogen and oxygen atoms in total. The van der Waals surface area contributed by atoms with Crippen LogP contribution in [0.1, 0.15) is 18.3 Å². The molecule has 72 valence electrons. The van der Waals surface area contributed by atoms with Crippen molar-refractivity contribution in [3.63, 3.8) is 0 Å². The van der Waals surface area contributed by atoms with Crippen molar-refractivity contribution in [2.75, 3.05) is 0 Å². The number of hydrogen-bond donors (Lipinski definition) is 2. The Morgan fingerprint density at radius 3 is 3.14 bits per heavy atom. The van der Waals surface area contributed by atoms with Crippen LogP contribution in [0.2, 0.25) is 0 Å². The molecule has 1 unspecified atom stereocenters. The van der Waals surface area contributed by atoms with Crippen LogP contribution in [0.15, 0.2) is 24.3 Å². The zero-order valence-corrected chi connectivity index (χ0v) is 7.77. The van der Waals surface area contributed by atoms with Gasteiger partial charge < -0.3 is 15.4 Å². The molecule has 0 aliphatic carbocycles. The summed E-state index contributed by atoms with van der Waals surface area (Å²) in [4.78, 5) is 0. The molecule has 14 heavy (non-hydrogen) atoms. The highest BCUT2D eigenvalue weighted by atomic mass is 16.3. The lowest BCUT2D eigenvalue weighted by molar-refractivity contribution is 0.481. The van der Waals surface area contributed by atoms with E-state index in [1.54, 1.807) is 6.07 Å². The molecule has 2 aromatic rings. The third-order valence-electron chi connectivity index (χ3n) is 2.97. The second kappa shape index (κ2) is 2.51. The number of benzene rings is 1. The lowest BCUT2D eigenvalue weighted by Crippen LogP contribution is -2.13. The average Bonchev–Trinajstić information content (AvgIpc) is 2.68. The zero-order chi connectivity index (χ0) is 9.71. The molecule has 1 atom stereocenters. The Bertz CT molecular complexity index is 501. The Labute approximate surface area is 81.8 Å². The first-order valence-corrected chi connectivity index (χ1v) is 4.85. The summed E-state index contributed by atoms with van der Waals surface area (Å²) in [6.45, 7) is 0. The Balaban J connectivity index is 2.41. The van der Waals surface area contributed by atoms with Gasteiger partial charge in [0.15, 0.2) is 0 Å². The van der Waals surface area contributed by atoms with Gasteiger partial charge in [0.25, 0.3) is 0 Å². The molecule has 0 fully saturated rings. The van der Waals surface area contributed by atoms with Crippen LogP contribution in [0.25, 0.3) is 10.9 Å². The van der Waals surface area contributed by atoms with Crippen LogP contribution < -0.4 is 5.73 Å². The number of fused-ring (bicyclic) bond motifs is 3. The zero-order valence-electron chi connectivity index (χ0n) is 7.77. The average molecular weight is 188 g/mol. The van der Waals surface area contributed by atoms with E-state index in [9.17, 15) is 5.11 Å². The van der Waals surface area contributed by atoms with E-state index in [1.165, 1.54) is 5.69 Å². The van der Waals surface area contributed by atoms with Gasteiger partial charge in [-0.3, -0.25) is 0 Å². The van der Waals surface area contributed by atoms with Crippen LogP contribution in [0.3, 0.4) is 0 Å². The number of hydrogen-bond acceptors (Lipinski definition) is 2. The molecule has 2 heterocycles. The molecule has 0 spiro atoms. The van der Waals surface area contributed by atoms with Gasteiger partial charge in [0.05, 0.1) is 11.7 Å². The predicted molar refractivity (Wildman–Crippen MR) is 55.1 cm³/mol. The van der Waals surface area contributed by atoms with Gasteiger partial charge in [0.1, 0.15) is 5.75 Å². The van der Waals surface area contributed by atoms with Crippen LogP contribution >= 0.6 is 0 Å². The summed E-state index contributed by atoms with van der Waals surface area (Å²) in [5.74, 6) is 0.344. The summed E-state index contributed by atoms with van der Waals surface area (Å²) < 4.78 is 2.12. The summed E-state index contributed by atoms with van der Waals surface area (Å²) in [7, 11) is 0. The summed E-state index contributed by atoms with van der Waals surface area (Å²) >= 11 is 0. The number of aryl methyl sites for hydroxylation is 1. The molecule has 0 radical (unpaired) electrons. The molecule has 0 saturated heterocycles. The van der Waals surface area contributed by atoms with Crippen LogP contribution in [0.5, 0.6) is 5.75 Å². The highest BCUT2D eigenvalue weighted by Crippen LogP contribution is 2.34. The first-order valence-electron chi connectivity index (χ1n) is 4.85. The molecular weight excluding hydrogens is 176 g/mol. The topological polar surface area (TPSA) is 51.2 Å². The molecule has 3 rings (SSSR count). The summed E-state index contributed by atoms with van der Waals surface area (Å²) in [5, 5.41) is 10.6. The van der Waals surface area contributed by atoms with E-state index in [2.05, 4.69) is 4.57 Å². The van der Waals surface area contributed by atoms with Crippen molar-refractivity contribution in [1.82, 2.24) is 4.57 Å². The standard InChI is InChI=1S/C11H12N2O/c12-11-5-4-7-6-8-9(13(7)11)2-1-3-10(8)14/h1-3,6,11,14H,4-5,12H2. The SMILES string of the molecule is NC1CCc2cc3c(O)cccc3n21. The third kappa shape index (κ3) is 0.849. The van der Waals surface area contributed by atoms with E-state index < -0.39 is 0 Å². The van der Waals surface area contributed by atoms with Crippen LogP contribution in [-0.2, 0) is 6.42 Å². The normalized spacial score (nSPS) is 20.2. The summed E-state index contributed by atoms with van der Waals surface area (Å²) in [6, 6.07) is 7.61. The van der Waals surface area contributed by atoms with Gasteiger partial charge in [-0.25, -0.2) is 0 Å². The molecule has 3 heteroatoms. The van der Waals surface area contributed by atoms with E-state index >= 15 is 0 Å². The van der Waals surface area contributed by atoms with Crippen molar-refractivity contribution in [3.8, 4) is 5.75 Å². The number of nitrogens with two attached hydrogens (primary N) is 1. The second-order valence-corrected chi connectivity index (χ2v) is 3.82. The van der Waals surface area contributed by atoms with Crippen molar-refractivity contribution in [3.05, 3.63) is 30.0 Å². The number of rotatable bonds is 0. The quantitative estimate of drug-likeness (QED) is 0.661. The summed E-state index contributed by atoms with van der Waals surface area (Å²) in [6.07, 6.45) is 2.08. The Kier molecular flexibility index (Phi) is 1.42. The fourth-order valence-electron chi connectivity index (χ4n) is 2.30. The molecule has 3 N–H and O–H groups in total. The van der Waals surface area contributed by atoms with Gasteiger partial charge in [-0.15, -0.1) is 0 Å². The highest BCUT2D eigenvalue weighted by molar-refractivity contribution is 5.87. The fourth-order valence-corrected chi connectivity index (χ4v) is 2.30. The molecule has 0 bridgehead atoms. The van der Waals surface area contributed by atoms with Gasteiger partial charge in [0, 0.05) is 11.1 Å². The number of nitrogens with zero attached hydrogens (tertiary/aromatic N) is 1. The minimum atomic E-state index is 0.0734. The molecule has 1 aliphatic rings. The maximum atomic E-state index is 9.66. The number of aromatic nitrogens is 1. The molecule has 1 aromatic carbocycles. The number of aromatic hydroxyl groups is 1. The first kappa shape index (κ1) is 7.88. The van der Waals surface area contributed by atoms with E-state index in [4.69, 9.17) is 5.73 Å². The van der Waals surface area contributed by atoms with Gasteiger partial charge in [-0.1, -0.05) is 6.07 Å². The minimum Gasteiger partial charge on any atom is -0.507 e. The number of phenolic OH excluding ortho intramolecular Hbond substituents is 1. The smallest absolute Gasteiger partial charge is 0.124 e. The van der Waals surface area contributed by atoms with Crippen molar-refractivity contribution in [1.29, 1.82) is 0 Å². The summed E-state index contributed by atoms with van der Waals surface area (Å²) in [5.41, 5.74) is 8.27. The van der Waals surface area contributed by atoms with E-state index in [0.717, 1.165) is 23.7 Å². The highest BCUT2D eigenvalue weighted by Gasteiger charge is 2.21. The van der Waals surface area contributed by atoms with Crippen LogP contribution in [0, 0.1) is 0 Å². The van der Waals surface area contributed by atoms with Crippen LogP contribution in [0.4, 0.5) is 0 Å². The van der Waals surface area contributed by atoms with Crippen molar-refractivity contribution < 1.29 is 5.11 Å². The Morgan fingerprint density at radius 2 is 2.29 bits per heavy atom. The van der Waals surface area contributed by atoms with Crippen LogP contribution in [-0.4, -0.2) is 9.67 Å². The maximum absolute atomic E-state index is 9.66. The van der Waals surface area contributed by atoms with Gasteiger partial charge in [0.2, 0.25) is 0 Å². The molecule has 0 amide bonds. The van der Waals surface area contributed by atoms with E-state index in [0.29, 0.717) is 5.75 Å². The van der Waals surface area contributed by atoms with Gasteiger partial charge in [-0.05, 0) is 31.0 Å². The Hall–Kier alpha value is -1.48. The van der Waals surface area contributed by atoms with Gasteiger partial charge >= 0.3 is 0 Å². The van der Waals surface area contributed by atoms with Gasteiger partial charge in [-0.2, -0.15) is 0 Å². The lowest BCUT2D eigenvalue weighted by Gasteiger charge is -2.08. The predicted octanol–water partition coefficient (Wildman–Crippen LogP) is 1.75. The largest absolute Gasteiger partial charge is 0.507 e. The minimum absolute atomic E-state index is 0.0734.